The first kappa shape index (κ1) is 34.7. The summed E-state index contributed by atoms with van der Waals surface area (Å²) in [6.45, 7) is 21.3. The number of ether oxygens (including phenoxy) is 2. The molecule has 2 aliphatic heterocycles. The summed E-state index contributed by atoms with van der Waals surface area (Å²) in [6.07, 6.45) is 5.40. The second kappa shape index (κ2) is 13.5. The van der Waals surface area contributed by atoms with Crippen molar-refractivity contribution in [2.75, 3.05) is 11.9 Å². The quantitative estimate of drug-likeness (QED) is 0.231. The number of fused-ring (bicyclic) bond motifs is 2. The van der Waals surface area contributed by atoms with Crippen molar-refractivity contribution in [1.82, 2.24) is 29.1 Å². The number of hydrogen-bond donors (Lipinski definition) is 1. The van der Waals surface area contributed by atoms with E-state index < -0.39 is 41.7 Å². The minimum Gasteiger partial charge on any atom is -0.459 e. The predicted octanol–water partition coefficient (Wildman–Crippen LogP) is 5.69. The summed E-state index contributed by atoms with van der Waals surface area (Å²) in [5.41, 5.74) is 1.48. The lowest BCUT2D eigenvalue weighted by Gasteiger charge is -2.51. The maximum absolute atomic E-state index is 12.6. The molecule has 13 nitrogen and oxygen atoms in total. The number of hydrogen-bond acceptors (Lipinski definition) is 11. The standard InChI is InChI=1S/C30H47N7O6SSi2/c1-17(2)28(38)35-26-23-27(33-14-32-26)37(16-34-23)29-25(41-30(44)36-12-11-31-15-36)24-22(40-29)13-39-45(18(3)4,19(5)6)43-46(42-24,20(7)8)21(9)10/h11-12,14-22,24-25,29H,13H2,1-10H3,(H,32,33,35,38)/t22-,24?,25+,29-/m1/s1. The van der Waals surface area contributed by atoms with Gasteiger partial charge in [0.05, 0.1) is 12.9 Å². The number of anilines is 1. The molecule has 2 saturated heterocycles. The monoisotopic (exact) mass is 689 g/mol. The Morgan fingerprint density at radius 1 is 0.978 bits per heavy atom. The summed E-state index contributed by atoms with van der Waals surface area (Å²) in [5.74, 6) is -0.0860. The highest BCUT2D eigenvalue weighted by atomic mass is 32.1. The van der Waals surface area contributed by atoms with Crippen LogP contribution in [0.25, 0.3) is 11.2 Å². The molecule has 1 N–H and O–H groups in total. The van der Waals surface area contributed by atoms with Gasteiger partial charge in [0.1, 0.15) is 24.9 Å². The number of nitrogens with zero attached hydrogens (tertiary/aromatic N) is 6. The van der Waals surface area contributed by atoms with E-state index >= 15 is 0 Å². The Labute approximate surface area is 278 Å². The number of amides is 1. The predicted molar refractivity (Wildman–Crippen MR) is 182 cm³/mol. The third-order valence-electron chi connectivity index (χ3n) is 8.97. The van der Waals surface area contributed by atoms with Gasteiger partial charge >= 0.3 is 17.1 Å². The maximum Gasteiger partial charge on any atom is 0.335 e. The Morgan fingerprint density at radius 2 is 1.65 bits per heavy atom. The van der Waals surface area contributed by atoms with Crippen LogP contribution in [-0.4, -0.2) is 82.2 Å². The summed E-state index contributed by atoms with van der Waals surface area (Å²) in [5, 5.41) is 3.06. The van der Waals surface area contributed by atoms with Gasteiger partial charge in [-0.2, -0.15) is 0 Å². The number of thiocarbonyl (C=S) groups is 1. The van der Waals surface area contributed by atoms with Crippen LogP contribution in [0.2, 0.25) is 22.2 Å². The fourth-order valence-electron chi connectivity index (χ4n) is 6.41. The highest BCUT2D eigenvalue weighted by Gasteiger charge is 2.62. The minimum atomic E-state index is -3.02. The second-order valence-electron chi connectivity index (χ2n) is 13.6. The van der Waals surface area contributed by atoms with Crippen LogP contribution in [0.4, 0.5) is 5.82 Å². The molecular weight excluding hydrogens is 643 g/mol. The van der Waals surface area contributed by atoms with Crippen molar-refractivity contribution in [1.29, 1.82) is 0 Å². The molecule has 1 unspecified atom stereocenters. The highest BCUT2D eigenvalue weighted by molar-refractivity contribution is 7.80. The van der Waals surface area contributed by atoms with E-state index in [2.05, 4.69) is 80.6 Å². The fourth-order valence-corrected chi connectivity index (χ4v) is 17.8. The molecule has 0 spiro atoms. The van der Waals surface area contributed by atoms with E-state index in [4.69, 9.17) is 34.7 Å². The number of carbonyl (C=O) groups is 1. The second-order valence-corrected chi connectivity index (χ2v) is 22.8. The van der Waals surface area contributed by atoms with Crippen molar-refractivity contribution in [2.45, 2.75) is 116 Å². The third kappa shape index (κ3) is 6.20. The fraction of sp³-hybridized carbons (Fsp3) is 0.667. The van der Waals surface area contributed by atoms with E-state index in [-0.39, 0.29) is 45.8 Å². The molecular formula is C30H47N7O6SSi2. The van der Waals surface area contributed by atoms with Crippen LogP contribution in [-0.2, 0) is 27.2 Å². The largest absolute Gasteiger partial charge is 0.459 e. The van der Waals surface area contributed by atoms with Crippen LogP contribution in [0.1, 0.15) is 75.5 Å². The van der Waals surface area contributed by atoms with E-state index in [1.54, 1.807) is 34.2 Å². The van der Waals surface area contributed by atoms with Crippen molar-refractivity contribution in [3.05, 3.63) is 31.4 Å². The topological polar surface area (TPSA) is 137 Å². The first-order chi connectivity index (χ1) is 21.7. The number of rotatable bonds is 8. The number of aromatic nitrogens is 6. The normalized spacial score (nSPS) is 24.5. The Hall–Kier alpha value is -2.61. The lowest BCUT2D eigenvalue weighted by atomic mass is 10.1. The Morgan fingerprint density at radius 3 is 2.24 bits per heavy atom. The van der Waals surface area contributed by atoms with Crippen molar-refractivity contribution in [3.63, 3.8) is 0 Å². The van der Waals surface area contributed by atoms with Crippen LogP contribution < -0.4 is 5.32 Å². The zero-order valence-electron chi connectivity index (χ0n) is 28.3. The molecule has 46 heavy (non-hydrogen) atoms. The van der Waals surface area contributed by atoms with Crippen LogP contribution in [0.3, 0.4) is 0 Å². The van der Waals surface area contributed by atoms with Gasteiger partial charge in [0.25, 0.3) is 5.17 Å². The lowest BCUT2D eigenvalue weighted by molar-refractivity contribution is -0.118. The molecule has 3 aromatic heterocycles. The molecule has 3 aromatic rings. The van der Waals surface area contributed by atoms with Crippen LogP contribution in [0, 0.1) is 5.92 Å². The molecule has 5 heterocycles. The third-order valence-corrected chi connectivity index (χ3v) is 19.5. The molecule has 0 aromatic carbocycles. The lowest BCUT2D eigenvalue weighted by Crippen LogP contribution is -2.66. The summed E-state index contributed by atoms with van der Waals surface area (Å²) in [6, 6.07) is 0. The van der Waals surface area contributed by atoms with Gasteiger partial charge in [0.15, 0.2) is 29.3 Å². The van der Waals surface area contributed by atoms with Crippen molar-refractivity contribution in [2.24, 2.45) is 5.92 Å². The summed E-state index contributed by atoms with van der Waals surface area (Å²) in [4.78, 5) is 30.1. The summed E-state index contributed by atoms with van der Waals surface area (Å²) >= 11 is 5.75. The van der Waals surface area contributed by atoms with Crippen LogP contribution in [0.15, 0.2) is 31.4 Å². The van der Waals surface area contributed by atoms with E-state index in [0.717, 1.165) is 0 Å². The van der Waals surface area contributed by atoms with Gasteiger partial charge in [-0.15, -0.1) is 0 Å². The molecule has 0 bridgehead atoms. The molecule has 5 rings (SSSR count). The zero-order chi connectivity index (χ0) is 33.6. The number of imidazole rings is 2. The zero-order valence-corrected chi connectivity index (χ0v) is 31.1. The molecule has 2 aliphatic rings. The van der Waals surface area contributed by atoms with Gasteiger partial charge in [0, 0.05) is 18.3 Å². The van der Waals surface area contributed by atoms with Crippen molar-refractivity contribution >= 4 is 57.4 Å². The number of nitrogens with one attached hydrogen (secondary N) is 1. The van der Waals surface area contributed by atoms with Gasteiger partial charge < -0.3 is 27.8 Å². The van der Waals surface area contributed by atoms with Crippen LogP contribution in [0.5, 0.6) is 0 Å². The van der Waals surface area contributed by atoms with E-state index in [1.807, 2.05) is 13.8 Å². The van der Waals surface area contributed by atoms with Gasteiger partial charge in [0.2, 0.25) is 5.91 Å². The minimum absolute atomic E-state index is 0.105. The molecule has 252 valence electrons. The molecule has 4 atom stereocenters. The molecule has 0 aliphatic carbocycles. The Balaban J connectivity index is 1.62. The molecule has 1 amide bonds. The van der Waals surface area contributed by atoms with Crippen LogP contribution >= 0.6 is 12.2 Å². The van der Waals surface area contributed by atoms with Gasteiger partial charge in [-0.3, -0.25) is 13.9 Å². The molecule has 2 fully saturated rings. The van der Waals surface area contributed by atoms with Gasteiger partial charge in [-0.1, -0.05) is 69.2 Å². The first-order valence-electron chi connectivity index (χ1n) is 16.1. The summed E-state index contributed by atoms with van der Waals surface area (Å²) in [7, 11) is -5.82. The smallest absolute Gasteiger partial charge is 0.335 e. The van der Waals surface area contributed by atoms with E-state index in [9.17, 15) is 4.79 Å². The Bertz CT molecular complexity index is 1520. The first-order valence-corrected chi connectivity index (χ1v) is 20.4. The average molecular weight is 690 g/mol. The van der Waals surface area contributed by atoms with Crippen molar-refractivity contribution < 1.29 is 27.2 Å². The maximum atomic E-state index is 12.6. The molecule has 16 heteroatoms. The van der Waals surface area contributed by atoms with E-state index in [0.29, 0.717) is 17.0 Å². The molecule has 0 saturated carbocycles. The van der Waals surface area contributed by atoms with Gasteiger partial charge in [-0.05, 0) is 34.4 Å². The van der Waals surface area contributed by atoms with Crippen molar-refractivity contribution in [3.8, 4) is 0 Å². The Kier molecular flexibility index (Phi) is 10.2. The highest BCUT2D eigenvalue weighted by Crippen LogP contribution is 2.49. The summed E-state index contributed by atoms with van der Waals surface area (Å²) < 4.78 is 38.6. The average Bonchev–Trinajstić information content (AvgIpc) is 3.73. The molecule has 0 radical (unpaired) electrons. The number of carbonyl (C=O) groups excluding carboxylic acids is 1. The SMILES string of the molecule is CC(C)C(=O)Nc1ncnc2c1ncn2[C@@H]1O[C@@H]2CO[Si](C(C)C)(C(C)C)O[Si](C(C)C)(C(C)C)OC2[C@@H]1OC(=S)n1ccnc1. The van der Waals surface area contributed by atoms with Gasteiger partial charge in [-0.25, -0.2) is 19.9 Å². The van der Waals surface area contributed by atoms with E-state index in [1.165, 1.54) is 6.33 Å².